The molecule has 2 aromatic carbocycles. The van der Waals surface area contributed by atoms with Gasteiger partial charge in [-0.1, -0.05) is 24.3 Å². The summed E-state index contributed by atoms with van der Waals surface area (Å²) >= 11 is 0. The molecular formula is C41H46N8O7. The molecule has 4 aliphatic heterocycles. The molecule has 1 aromatic heterocycles. The monoisotopic (exact) mass is 762 g/mol. The molecule has 0 bridgehead atoms. The number of H-pyrrole nitrogens is 1. The molecule has 9 rings (SSSR count). The van der Waals surface area contributed by atoms with Crippen molar-refractivity contribution in [3.63, 3.8) is 0 Å². The van der Waals surface area contributed by atoms with E-state index in [1.54, 1.807) is 12.1 Å². The molecule has 15 heteroatoms. The molecule has 2 saturated carbocycles. The van der Waals surface area contributed by atoms with Crippen LogP contribution in [0.15, 0.2) is 48.5 Å². The Morgan fingerprint density at radius 3 is 2.39 bits per heavy atom. The van der Waals surface area contributed by atoms with Gasteiger partial charge in [-0.05, 0) is 80.7 Å². The van der Waals surface area contributed by atoms with Crippen molar-refractivity contribution < 1.29 is 33.5 Å². The van der Waals surface area contributed by atoms with E-state index in [1.165, 1.54) is 0 Å². The fourth-order valence-corrected chi connectivity index (χ4v) is 9.25. The number of anilines is 2. The normalized spacial score (nSPS) is 24.5. The number of piperidine rings is 1. The molecule has 6 amide bonds. The Labute approximate surface area is 324 Å². The lowest BCUT2D eigenvalue weighted by molar-refractivity contribution is -0.136. The first-order chi connectivity index (χ1) is 27.1. The first kappa shape index (κ1) is 36.1. The fraction of sp³-hybridized carbons (Fsp3) is 0.488. The lowest BCUT2D eigenvalue weighted by atomic mass is 10.0. The molecule has 5 heterocycles. The fourth-order valence-electron chi connectivity index (χ4n) is 9.25. The third kappa shape index (κ3) is 7.04. The van der Waals surface area contributed by atoms with Gasteiger partial charge in [0, 0.05) is 74.6 Å². The molecule has 1 spiro atoms. The summed E-state index contributed by atoms with van der Waals surface area (Å²) in [6, 6.07) is 14.2. The van der Waals surface area contributed by atoms with Crippen LogP contribution in [0.5, 0.6) is 0 Å². The quantitative estimate of drug-likeness (QED) is 0.273. The number of aromatic amines is 1. The number of benzene rings is 2. The van der Waals surface area contributed by atoms with Gasteiger partial charge in [0.15, 0.2) is 5.82 Å². The molecule has 292 valence electrons. The van der Waals surface area contributed by atoms with Crippen LogP contribution in [0.3, 0.4) is 0 Å². The Morgan fingerprint density at radius 1 is 0.857 bits per heavy atom. The van der Waals surface area contributed by atoms with Gasteiger partial charge in [-0.25, -0.2) is 4.79 Å². The van der Waals surface area contributed by atoms with Crippen LogP contribution in [0, 0.1) is 0 Å². The van der Waals surface area contributed by atoms with E-state index in [0.717, 1.165) is 112 Å². The van der Waals surface area contributed by atoms with Crippen LogP contribution in [-0.4, -0.2) is 111 Å². The number of nitrogens with zero attached hydrogens (tertiary/aromatic N) is 5. The number of carbonyl (C=O) groups excluding carboxylic acids is 6. The molecule has 3 aromatic rings. The summed E-state index contributed by atoms with van der Waals surface area (Å²) in [6.45, 7) is 4.63. The molecular weight excluding hydrogens is 716 g/mol. The minimum atomic E-state index is -0.986. The SMILES string of the molecule is O=C1CCC(N2C(=O)c3ccc(N4CCN(Cc5ccc(CC(=O)Nc6cc([C@H]7CC[C@@H](OC(=O)N8CCCC89CC9)C7)[nH]n6)cc5)CC4)cc3C2=O)C(=O)N1. The number of nitrogens with one attached hydrogen (secondary N) is 3. The zero-order valence-corrected chi connectivity index (χ0v) is 31.3. The number of fused-ring (bicyclic) bond motifs is 1. The summed E-state index contributed by atoms with van der Waals surface area (Å²) in [4.78, 5) is 83.6. The molecule has 1 unspecified atom stereocenters. The number of rotatable bonds is 9. The number of hydrogen-bond donors (Lipinski definition) is 3. The van der Waals surface area contributed by atoms with Gasteiger partial charge in [-0.3, -0.25) is 44.2 Å². The van der Waals surface area contributed by atoms with Gasteiger partial charge < -0.3 is 19.9 Å². The average Bonchev–Trinajstić information content (AvgIpc) is 3.52. The smallest absolute Gasteiger partial charge is 0.410 e. The molecule has 3 N–H and O–H groups in total. The maximum absolute atomic E-state index is 13.3. The summed E-state index contributed by atoms with van der Waals surface area (Å²) in [5.74, 6) is -1.49. The Bertz CT molecular complexity index is 2090. The predicted octanol–water partition coefficient (Wildman–Crippen LogP) is 3.72. The van der Waals surface area contributed by atoms with E-state index in [2.05, 4.69) is 42.8 Å². The number of ether oxygens (including phenoxy) is 1. The third-order valence-electron chi connectivity index (χ3n) is 12.6. The van der Waals surface area contributed by atoms with Crippen molar-refractivity contribution in [1.82, 2.24) is 30.2 Å². The lowest BCUT2D eigenvalue weighted by Crippen LogP contribution is -2.54. The Morgan fingerprint density at radius 2 is 1.62 bits per heavy atom. The van der Waals surface area contributed by atoms with Gasteiger partial charge in [-0.15, -0.1) is 0 Å². The van der Waals surface area contributed by atoms with E-state index in [-0.39, 0.29) is 60.0 Å². The molecule has 5 fully saturated rings. The molecule has 2 aliphatic carbocycles. The minimum absolute atomic E-state index is 0.0819. The second-order valence-corrected chi connectivity index (χ2v) is 16.2. The lowest BCUT2D eigenvalue weighted by Gasteiger charge is -2.36. The second-order valence-electron chi connectivity index (χ2n) is 16.2. The number of carbonyl (C=O) groups is 6. The van der Waals surface area contributed by atoms with Crippen LogP contribution in [0.2, 0.25) is 0 Å². The average molecular weight is 763 g/mol. The molecule has 56 heavy (non-hydrogen) atoms. The zero-order chi connectivity index (χ0) is 38.6. The zero-order valence-electron chi connectivity index (χ0n) is 31.3. The van der Waals surface area contributed by atoms with Gasteiger partial charge in [0.1, 0.15) is 12.1 Å². The number of hydrogen-bond acceptors (Lipinski definition) is 10. The van der Waals surface area contributed by atoms with Crippen LogP contribution in [0.1, 0.15) is 101 Å². The highest BCUT2D eigenvalue weighted by molar-refractivity contribution is 6.23. The largest absolute Gasteiger partial charge is 0.446 e. The van der Waals surface area contributed by atoms with E-state index < -0.39 is 29.7 Å². The second kappa shape index (κ2) is 14.5. The highest BCUT2D eigenvalue weighted by atomic mass is 16.6. The van der Waals surface area contributed by atoms with E-state index in [0.29, 0.717) is 5.82 Å². The molecule has 6 aliphatic rings. The van der Waals surface area contributed by atoms with Crippen molar-refractivity contribution in [1.29, 1.82) is 0 Å². The summed E-state index contributed by atoms with van der Waals surface area (Å²) in [7, 11) is 0. The van der Waals surface area contributed by atoms with Crippen molar-refractivity contribution in [3.8, 4) is 0 Å². The number of likely N-dealkylation sites (tertiary alicyclic amines) is 1. The summed E-state index contributed by atoms with van der Waals surface area (Å²) in [6.07, 6.45) is 6.99. The maximum Gasteiger partial charge on any atom is 0.410 e. The first-order valence-corrected chi connectivity index (χ1v) is 19.9. The summed E-state index contributed by atoms with van der Waals surface area (Å²) in [5, 5.41) is 12.6. The van der Waals surface area contributed by atoms with Crippen LogP contribution in [0.25, 0.3) is 0 Å². The van der Waals surface area contributed by atoms with Crippen LogP contribution >= 0.6 is 0 Å². The van der Waals surface area contributed by atoms with Gasteiger partial charge >= 0.3 is 6.09 Å². The highest BCUT2D eigenvalue weighted by Gasteiger charge is 2.54. The first-order valence-electron chi connectivity index (χ1n) is 19.9. The van der Waals surface area contributed by atoms with Crippen molar-refractivity contribution >= 4 is 47.1 Å². The van der Waals surface area contributed by atoms with Gasteiger partial charge in [0.2, 0.25) is 17.7 Å². The highest BCUT2D eigenvalue weighted by Crippen LogP contribution is 2.50. The third-order valence-corrected chi connectivity index (χ3v) is 12.6. The summed E-state index contributed by atoms with van der Waals surface area (Å²) < 4.78 is 5.92. The Kier molecular flexibility index (Phi) is 9.34. The van der Waals surface area contributed by atoms with E-state index in [4.69, 9.17) is 4.74 Å². The van der Waals surface area contributed by atoms with E-state index >= 15 is 0 Å². The van der Waals surface area contributed by atoms with Crippen molar-refractivity contribution in [2.24, 2.45) is 0 Å². The number of amides is 6. The standard InChI is InChI=1S/C41H46N8O7/c50-35-11-10-33(37(52)43-35)49-38(53)30-9-7-28(22-31(30)39(49)54)47-18-16-46(17-19-47)24-26-4-2-25(3-5-26)20-36(51)42-34-23-32(44-45-34)27-6-8-29(21-27)56-40(55)48-15-1-12-41(48)13-14-41/h2-5,7,9,22-23,27,29,33H,1,6,8,10-21,24H2,(H,43,50,52)(H2,42,44,45,51)/t27-,29+,33?/m0/s1. The molecule has 0 radical (unpaired) electrons. The van der Waals surface area contributed by atoms with Gasteiger partial charge in [0.25, 0.3) is 11.8 Å². The van der Waals surface area contributed by atoms with Gasteiger partial charge in [0.05, 0.1) is 17.5 Å². The van der Waals surface area contributed by atoms with Crippen LogP contribution in [0.4, 0.5) is 16.3 Å². The van der Waals surface area contributed by atoms with E-state index in [1.807, 2.05) is 29.2 Å². The molecule has 15 nitrogen and oxygen atoms in total. The molecule has 3 saturated heterocycles. The Hall–Kier alpha value is -5.57. The summed E-state index contributed by atoms with van der Waals surface area (Å²) in [5.41, 5.74) is 4.48. The van der Waals surface area contributed by atoms with Crippen LogP contribution < -0.4 is 15.5 Å². The number of piperazine rings is 1. The van der Waals surface area contributed by atoms with Crippen molar-refractivity contribution in [2.75, 3.05) is 42.9 Å². The predicted molar refractivity (Wildman–Crippen MR) is 203 cm³/mol. The number of imide groups is 2. The van der Waals surface area contributed by atoms with Crippen molar-refractivity contribution in [2.45, 2.75) is 94.4 Å². The van der Waals surface area contributed by atoms with Gasteiger partial charge in [-0.2, -0.15) is 5.10 Å². The maximum atomic E-state index is 13.3. The minimum Gasteiger partial charge on any atom is -0.446 e. The number of aromatic nitrogens is 2. The van der Waals surface area contributed by atoms with Crippen LogP contribution in [-0.2, 0) is 32.1 Å². The molecule has 3 atom stereocenters. The topological polar surface area (TPSA) is 177 Å². The van der Waals surface area contributed by atoms with Crippen molar-refractivity contribution in [3.05, 3.63) is 76.5 Å². The van der Waals surface area contributed by atoms with E-state index in [9.17, 15) is 28.8 Å². The Balaban J connectivity index is 0.718.